The molecule has 0 bridgehead atoms. The summed E-state index contributed by atoms with van der Waals surface area (Å²) in [6, 6.07) is 0. The zero-order chi connectivity index (χ0) is 12.2. The molecule has 0 saturated carbocycles. The van der Waals surface area contributed by atoms with Crippen LogP contribution in [0.4, 0.5) is 0 Å². The highest BCUT2D eigenvalue weighted by Crippen LogP contribution is 2.13. The Kier molecular flexibility index (Phi) is 4.44. The fourth-order valence-electron chi connectivity index (χ4n) is 1.18. The first kappa shape index (κ1) is 13.1. The van der Waals surface area contributed by atoms with Crippen LogP contribution in [-0.4, -0.2) is 29.4 Å². The van der Waals surface area contributed by atoms with Gasteiger partial charge in [-0.1, -0.05) is 0 Å². The molecule has 1 heterocycles. The van der Waals surface area contributed by atoms with Crippen molar-refractivity contribution >= 4 is 0 Å². The van der Waals surface area contributed by atoms with Crippen LogP contribution in [0.3, 0.4) is 0 Å². The number of ether oxygens (including phenoxy) is 1. The maximum absolute atomic E-state index is 5.46. The zero-order valence-electron chi connectivity index (χ0n) is 10.7. The van der Waals surface area contributed by atoms with Crippen LogP contribution in [0.25, 0.3) is 0 Å². The summed E-state index contributed by atoms with van der Waals surface area (Å²) in [6.45, 7) is 9.08. The molecule has 0 aliphatic carbocycles. The summed E-state index contributed by atoms with van der Waals surface area (Å²) in [5.41, 5.74) is 0.114. The van der Waals surface area contributed by atoms with Crippen molar-refractivity contribution in [3.63, 3.8) is 0 Å². The lowest BCUT2D eigenvalue weighted by molar-refractivity contribution is 0.0935. The molecule has 92 valence electrons. The molecule has 1 unspecified atom stereocenters. The van der Waals surface area contributed by atoms with Gasteiger partial charge in [0.05, 0.1) is 0 Å². The summed E-state index contributed by atoms with van der Waals surface area (Å²) in [5.74, 6) is 1.18. The summed E-state index contributed by atoms with van der Waals surface area (Å²) >= 11 is 0. The first-order valence-corrected chi connectivity index (χ1v) is 5.52. The normalized spacial score (nSPS) is 14.1. The van der Waals surface area contributed by atoms with Gasteiger partial charge in [-0.25, -0.2) is 0 Å². The van der Waals surface area contributed by atoms with Crippen LogP contribution < -0.4 is 5.32 Å². The topological polar surface area (TPSA) is 60.2 Å². The van der Waals surface area contributed by atoms with Crippen LogP contribution in [0.5, 0.6) is 0 Å². The molecule has 1 atom stereocenters. The lowest BCUT2D eigenvalue weighted by Crippen LogP contribution is -2.37. The van der Waals surface area contributed by atoms with Crippen molar-refractivity contribution in [3.8, 4) is 0 Å². The molecule has 16 heavy (non-hydrogen) atoms. The van der Waals surface area contributed by atoms with Crippen molar-refractivity contribution in [2.45, 2.75) is 45.8 Å². The number of rotatable bonds is 5. The number of nitrogens with one attached hydrogen (secondary N) is 1. The predicted molar refractivity (Wildman–Crippen MR) is 61.2 cm³/mol. The largest absolute Gasteiger partial charge is 0.422 e. The number of hydrogen-bond acceptors (Lipinski definition) is 5. The van der Waals surface area contributed by atoms with Crippen LogP contribution in [0.2, 0.25) is 0 Å². The molecule has 0 aliphatic rings. The maximum atomic E-state index is 5.46. The highest BCUT2D eigenvalue weighted by Gasteiger charge is 2.13. The van der Waals surface area contributed by atoms with Crippen molar-refractivity contribution < 1.29 is 9.15 Å². The van der Waals surface area contributed by atoms with Gasteiger partial charge in [0.2, 0.25) is 11.8 Å². The zero-order valence-corrected chi connectivity index (χ0v) is 10.7. The number of hydrogen-bond donors (Lipinski definition) is 1. The van der Waals surface area contributed by atoms with E-state index in [-0.39, 0.29) is 11.6 Å². The minimum Gasteiger partial charge on any atom is -0.422 e. The standard InChI is InChI=1S/C11H21N3O2/c1-8(15-5)10-14-13-9(16-10)6-7-12-11(2,3)4/h8,12H,6-7H2,1-5H3. The molecule has 0 saturated heterocycles. The minimum absolute atomic E-state index is 0.114. The molecule has 0 aromatic carbocycles. The van der Waals surface area contributed by atoms with Crippen molar-refractivity contribution in [3.05, 3.63) is 11.8 Å². The van der Waals surface area contributed by atoms with E-state index in [0.29, 0.717) is 11.8 Å². The second-order valence-electron chi connectivity index (χ2n) is 4.84. The Labute approximate surface area is 96.6 Å². The van der Waals surface area contributed by atoms with Crippen molar-refractivity contribution in [1.29, 1.82) is 0 Å². The predicted octanol–water partition coefficient (Wildman–Crippen LogP) is 1.71. The van der Waals surface area contributed by atoms with Gasteiger partial charge in [-0.05, 0) is 27.7 Å². The highest BCUT2D eigenvalue weighted by molar-refractivity contribution is 4.86. The molecule has 0 aliphatic heterocycles. The number of aromatic nitrogens is 2. The molecule has 1 N–H and O–H groups in total. The van der Waals surface area contributed by atoms with Gasteiger partial charge >= 0.3 is 0 Å². The van der Waals surface area contributed by atoms with E-state index in [1.807, 2.05) is 6.92 Å². The second kappa shape index (κ2) is 5.41. The summed E-state index contributed by atoms with van der Waals surface area (Å²) < 4.78 is 10.6. The summed E-state index contributed by atoms with van der Waals surface area (Å²) in [5, 5.41) is 11.3. The summed E-state index contributed by atoms with van der Waals surface area (Å²) in [7, 11) is 1.62. The van der Waals surface area contributed by atoms with E-state index in [1.54, 1.807) is 7.11 Å². The average molecular weight is 227 g/mol. The monoisotopic (exact) mass is 227 g/mol. The molecular formula is C11H21N3O2. The molecule has 5 heteroatoms. The van der Waals surface area contributed by atoms with Gasteiger partial charge < -0.3 is 14.5 Å². The first-order valence-electron chi connectivity index (χ1n) is 5.52. The average Bonchev–Trinajstić information content (AvgIpc) is 2.63. The van der Waals surface area contributed by atoms with Crippen LogP contribution in [0.15, 0.2) is 4.42 Å². The Morgan fingerprint density at radius 1 is 1.38 bits per heavy atom. The van der Waals surface area contributed by atoms with E-state index in [2.05, 4.69) is 36.3 Å². The van der Waals surface area contributed by atoms with Gasteiger partial charge in [0.15, 0.2) is 0 Å². The van der Waals surface area contributed by atoms with Gasteiger partial charge in [0, 0.05) is 25.6 Å². The lowest BCUT2D eigenvalue weighted by atomic mass is 10.1. The van der Waals surface area contributed by atoms with Crippen molar-refractivity contribution in [2.75, 3.05) is 13.7 Å². The van der Waals surface area contributed by atoms with E-state index in [0.717, 1.165) is 13.0 Å². The molecular weight excluding hydrogens is 206 g/mol. The Balaban J connectivity index is 2.41. The summed E-state index contributed by atoms with van der Waals surface area (Å²) in [6.07, 6.45) is 0.595. The van der Waals surface area contributed by atoms with Gasteiger partial charge in [-0.3, -0.25) is 0 Å². The first-order chi connectivity index (χ1) is 7.42. The van der Waals surface area contributed by atoms with E-state index in [4.69, 9.17) is 9.15 Å². The van der Waals surface area contributed by atoms with E-state index in [9.17, 15) is 0 Å². The second-order valence-corrected chi connectivity index (χ2v) is 4.84. The SMILES string of the molecule is COC(C)c1nnc(CCNC(C)(C)C)o1. The number of nitrogens with zero attached hydrogens (tertiary/aromatic N) is 2. The van der Waals surface area contributed by atoms with E-state index >= 15 is 0 Å². The number of methoxy groups -OCH3 is 1. The third kappa shape index (κ3) is 4.28. The smallest absolute Gasteiger partial charge is 0.244 e. The van der Waals surface area contributed by atoms with E-state index < -0.39 is 0 Å². The van der Waals surface area contributed by atoms with Crippen LogP contribution >= 0.6 is 0 Å². The van der Waals surface area contributed by atoms with Gasteiger partial charge in [-0.2, -0.15) is 0 Å². The van der Waals surface area contributed by atoms with Crippen LogP contribution in [0.1, 0.15) is 45.6 Å². The summed E-state index contributed by atoms with van der Waals surface area (Å²) in [4.78, 5) is 0. The Bertz CT molecular complexity index is 317. The molecule has 1 rings (SSSR count). The van der Waals surface area contributed by atoms with Crippen molar-refractivity contribution in [1.82, 2.24) is 15.5 Å². The van der Waals surface area contributed by atoms with E-state index in [1.165, 1.54) is 0 Å². The highest BCUT2D eigenvalue weighted by atomic mass is 16.5. The van der Waals surface area contributed by atoms with Crippen LogP contribution in [-0.2, 0) is 11.2 Å². The molecule has 0 fully saturated rings. The molecule has 0 radical (unpaired) electrons. The molecule has 1 aromatic heterocycles. The Morgan fingerprint density at radius 3 is 2.62 bits per heavy atom. The van der Waals surface area contributed by atoms with Crippen LogP contribution in [0, 0.1) is 0 Å². The maximum Gasteiger partial charge on any atom is 0.244 e. The molecule has 5 nitrogen and oxygen atoms in total. The third-order valence-electron chi connectivity index (χ3n) is 2.18. The molecule has 1 aromatic rings. The minimum atomic E-state index is -0.142. The third-order valence-corrected chi connectivity index (χ3v) is 2.18. The Morgan fingerprint density at radius 2 is 2.06 bits per heavy atom. The lowest BCUT2D eigenvalue weighted by Gasteiger charge is -2.19. The quantitative estimate of drug-likeness (QED) is 0.829. The van der Waals surface area contributed by atoms with Gasteiger partial charge in [-0.15, -0.1) is 10.2 Å². The molecule has 0 amide bonds. The van der Waals surface area contributed by atoms with Gasteiger partial charge in [0.1, 0.15) is 6.10 Å². The molecule has 0 spiro atoms. The fraction of sp³-hybridized carbons (Fsp3) is 0.818. The Hall–Kier alpha value is -0.940. The fourth-order valence-corrected chi connectivity index (χ4v) is 1.18. The van der Waals surface area contributed by atoms with Crippen molar-refractivity contribution in [2.24, 2.45) is 0 Å². The van der Waals surface area contributed by atoms with Gasteiger partial charge in [0.25, 0.3) is 0 Å².